The van der Waals surface area contributed by atoms with E-state index in [1.165, 1.54) is 37.1 Å². The second kappa shape index (κ2) is 18.4. The first-order valence-electron chi connectivity index (χ1n) is 18.2. The molecule has 4 aromatic heterocycles. The van der Waals surface area contributed by atoms with E-state index in [0.717, 1.165) is 16.2 Å². The smallest absolute Gasteiger partial charge is 0.330 e. The van der Waals surface area contributed by atoms with E-state index >= 15 is 0 Å². The van der Waals surface area contributed by atoms with Crippen LogP contribution in [-0.4, -0.2) is 96.1 Å². The molecule has 3 aliphatic rings. The number of nitrogens with zero attached hydrogens (tertiary/aromatic N) is 5. The van der Waals surface area contributed by atoms with Gasteiger partial charge in [-0.25, -0.2) is 14.6 Å². The number of aryl methyl sites for hydroxylation is 2. The zero-order valence-corrected chi connectivity index (χ0v) is 37.5. The van der Waals surface area contributed by atoms with E-state index in [0.29, 0.717) is 0 Å². The molecule has 0 bridgehead atoms. The first-order valence-corrected chi connectivity index (χ1v) is 25.9. The molecule has 62 heavy (non-hydrogen) atoms. The number of nitrogens with two attached hydrogens (primary N) is 1. The van der Waals surface area contributed by atoms with Gasteiger partial charge in [0.05, 0.1) is 44.5 Å². The molecule has 0 spiro atoms. The quantitative estimate of drug-likeness (QED) is 0.0739. The number of ether oxygens (including phenoxy) is 3. The molecule has 0 amide bonds. The van der Waals surface area contributed by atoms with E-state index in [1.54, 1.807) is 0 Å². The van der Waals surface area contributed by atoms with E-state index in [-0.39, 0.29) is 54.1 Å². The summed E-state index contributed by atoms with van der Waals surface area (Å²) in [7, 11) is 1.08. The number of aromatic nitrogens is 8. The Kier molecular flexibility index (Phi) is 14.0. The number of imidazole rings is 1. The molecule has 11 atom stereocenters. The molecule has 3 saturated heterocycles. The van der Waals surface area contributed by atoms with Crippen molar-refractivity contribution in [2.24, 2.45) is 0 Å². The lowest BCUT2D eigenvalue weighted by Gasteiger charge is -2.35. The molecule has 6 unspecified atom stereocenters. The summed E-state index contributed by atoms with van der Waals surface area (Å²) in [5.41, 5.74) is 2.74. The fourth-order valence-electron chi connectivity index (χ4n) is 6.81. The minimum atomic E-state index is -4.58. The van der Waals surface area contributed by atoms with Gasteiger partial charge in [0, 0.05) is 49.9 Å². The Balaban J connectivity index is 1.05. The van der Waals surface area contributed by atoms with Gasteiger partial charge in [0.25, 0.3) is 16.7 Å². The van der Waals surface area contributed by atoms with Crippen molar-refractivity contribution < 1.29 is 55.7 Å². The molecule has 0 aromatic carbocycles. The standard InChI is InChI=1S/C30H40N9O17P3S3/c1-13-7-37(29(43)35-25(13)40)20-4-15(9-49-20)54-58(46,61)50-10-19-17(5-21(52-19)38-8-14(2)26(41)36-30(38)44)56-59(47,62)51-11-18-16(55-57(45,60)48-3)6-22(53-18)39-12-32-23-24(39)33-28(31)34-27(23)42/h7-8,12,15-22H,4-6,9-11H2,1-3H3,(H,45,60)(H,46,61)(H,47,62)(H,35,40,43)(H,36,41,44)(H3,31,33,34,42)/p-3/t15?,16?,17?,18-,19-,20-,21-,22-,57?,58?,59?/m1/s1. The number of nitrogen functional groups attached to an aromatic ring is 1. The molecule has 0 saturated carbocycles. The van der Waals surface area contributed by atoms with Crippen LogP contribution in [-0.2, 0) is 81.8 Å². The number of nitrogens with one attached hydrogen (secondary N) is 3. The third kappa shape index (κ3) is 10.7. The minimum Gasteiger partial charge on any atom is -0.780 e. The van der Waals surface area contributed by atoms with Gasteiger partial charge in [0.1, 0.15) is 44.3 Å². The van der Waals surface area contributed by atoms with Crippen LogP contribution in [0.5, 0.6) is 0 Å². The van der Waals surface area contributed by atoms with Crippen molar-refractivity contribution in [2.75, 3.05) is 32.7 Å². The van der Waals surface area contributed by atoms with E-state index in [1.807, 2.05) is 0 Å². The minimum absolute atomic E-state index is 0.00509. The van der Waals surface area contributed by atoms with Gasteiger partial charge in [-0.1, -0.05) is 23.6 Å². The van der Waals surface area contributed by atoms with Crippen LogP contribution >= 0.6 is 20.2 Å². The maximum Gasteiger partial charge on any atom is 0.330 e. The Morgan fingerprint density at radius 3 is 1.97 bits per heavy atom. The molecule has 4 aromatic rings. The summed E-state index contributed by atoms with van der Waals surface area (Å²) in [4.78, 5) is 103. The highest BCUT2D eigenvalue weighted by Gasteiger charge is 2.43. The Morgan fingerprint density at radius 1 is 0.823 bits per heavy atom. The van der Waals surface area contributed by atoms with Gasteiger partial charge in [-0.2, -0.15) is 4.98 Å². The number of hydrogen-bond donors (Lipinski definition) is 4. The molecule has 340 valence electrons. The normalized spacial score (nSPS) is 28.2. The molecule has 32 heteroatoms. The van der Waals surface area contributed by atoms with E-state index in [9.17, 15) is 38.3 Å². The highest BCUT2D eigenvalue weighted by molar-refractivity contribution is 8.32. The van der Waals surface area contributed by atoms with Crippen LogP contribution < -0.4 is 43.6 Å². The van der Waals surface area contributed by atoms with Crippen LogP contribution in [0.3, 0.4) is 0 Å². The lowest BCUT2D eigenvalue weighted by atomic mass is 10.2. The first-order chi connectivity index (χ1) is 29.1. The van der Waals surface area contributed by atoms with Crippen LogP contribution in [0.2, 0.25) is 0 Å². The Bertz CT molecular complexity index is 2800. The van der Waals surface area contributed by atoms with Gasteiger partial charge < -0.3 is 69.1 Å². The number of anilines is 1. The molecule has 0 aliphatic carbocycles. The molecule has 7 heterocycles. The lowest BCUT2D eigenvalue weighted by molar-refractivity contribution is -0.217. The zero-order chi connectivity index (χ0) is 44.9. The van der Waals surface area contributed by atoms with Gasteiger partial charge in [-0.3, -0.25) is 47.6 Å². The van der Waals surface area contributed by atoms with Crippen LogP contribution in [0.1, 0.15) is 49.1 Å². The van der Waals surface area contributed by atoms with Crippen molar-refractivity contribution in [2.45, 2.75) is 82.3 Å². The third-order valence-corrected chi connectivity index (χ3v) is 14.6. The molecular weight excluding hydrogens is 947 g/mol. The molecule has 3 fully saturated rings. The average Bonchev–Trinajstić information content (AvgIpc) is 3.99. The highest BCUT2D eigenvalue weighted by atomic mass is 32.7. The molecular formula is C30H37N9O17P3S3-3. The topological polar surface area (TPSA) is 346 Å². The molecule has 7 rings (SSSR count). The first kappa shape index (κ1) is 46.9. The Hall–Kier alpha value is -3.05. The molecule has 0 radical (unpaired) electrons. The van der Waals surface area contributed by atoms with Gasteiger partial charge in [0.2, 0.25) is 5.95 Å². The number of fused-ring (bicyclic) bond motifs is 1. The third-order valence-electron chi connectivity index (χ3n) is 9.80. The summed E-state index contributed by atoms with van der Waals surface area (Å²) in [5.74, 6) is -0.200. The fourth-order valence-corrected chi connectivity index (χ4v) is 10.7. The largest absolute Gasteiger partial charge is 0.780 e. The second-order valence-electron chi connectivity index (χ2n) is 14.1. The number of aromatic amines is 3. The van der Waals surface area contributed by atoms with E-state index in [2.05, 4.69) is 24.9 Å². The zero-order valence-electron chi connectivity index (χ0n) is 32.4. The van der Waals surface area contributed by atoms with Crippen molar-refractivity contribution in [1.82, 2.24) is 38.6 Å². The van der Waals surface area contributed by atoms with Crippen molar-refractivity contribution >= 4 is 73.2 Å². The maximum atomic E-state index is 13.9. The van der Waals surface area contributed by atoms with Crippen molar-refractivity contribution in [3.8, 4) is 0 Å². The van der Waals surface area contributed by atoms with E-state index in [4.69, 9.17) is 82.9 Å². The van der Waals surface area contributed by atoms with Crippen LogP contribution in [0.15, 0.2) is 42.7 Å². The summed E-state index contributed by atoms with van der Waals surface area (Å²) in [6.45, 7) is -11.4. The molecule has 26 nitrogen and oxygen atoms in total. The highest BCUT2D eigenvalue weighted by Crippen LogP contribution is 2.52. The summed E-state index contributed by atoms with van der Waals surface area (Å²) < 4.78 is 67.6. The predicted molar refractivity (Wildman–Crippen MR) is 218 cm³/mol. The van der Waals surface area contributed by atoms with Crippen LogP contribution in [0.25, 0.3) is 11.2 Å². The van der Waals surface area contributed by atoms with E-state index < -0.39 is 111 Å². The Labute approximate surface area is 363 Å². The second-order valence-corrected chi connectivity index (χ2v) is 22.3. The van der Waals surface area contributed by atoms with Gasteiger partial charge in [0.15, 0.2) is 18.0 Å². The maximum absolute atomic E-state index is 13.9. The Morgan fingerprint density at radius 2 is 1.37 bits per heavy atom. The monoisotopic (exact) mass is 984 g/mol. The average molecular weight is 985 g/mol. The SMILES string of the molecule is COP([O-])(=S)OC1C[C@H](n2cnc3c(=O)[nH]c(N)nc32)O[C@@H]1COP([O-])(=S)OC1C[C@H](n2cc(C)c(=O)[nH]c2=O)O[C@@H]1COP(=O)([S-])OC1CO[C@@H](n2cc(C)c(=O)[nH]c2=O)C1. The van der Waals surface area contributed by atoms with Gasteiger partial charge in [-0.05, 0) is 13.8 Å². The summed E-state index contributed by atoms with van der Waals surface area (Å²) in [6, 6.07) is 0. The molecule has 3 aliphatic heterocycles. The number of hydrogen-bond acceptors (Lipinski definition) is 23. The fraction of sp³-hybridized carbons (Fsp3) is 0.567. The van der Waals surface area contributed by atoms with Crippen molar-refractivity contribution in [3.05, 3.63) is 81.9 Å². The number of rotatable bonds is 16. The van der Waals surface area contributed by atoms with Crippen LogP contribution in [0.4, 0.5) is 5.95 Å². The molecule has 5 N–H and O–H groups in total. The van der Waals surface area contributed by atoms with Gasteiger partial charge >= 0.3 is 11.4 Å². The summed E-state index contributed by atoms with van der Waals surface area (Å²) in [6.07, 6.45) is -5.36. The summed E-state index contributed by atoms with van der Waals surface area (Å²) in [5, 5.41) is 0. The summed E-state index contributed by atoms with van der Waals surface area (Å²) >= 11 is 15.3. The predicted octanol–water partition coefficient (Wildman–Crippen LogP) is -1.43. The van der Waals surface area contributed by atoms with Crippen LogP contribution in [0, 0.1) is 13.8 Å². The van der Waals surface area contributed by atoms with Crippen molar-refractivity contribution in [1.29, 1.82) is 0 Å². The van der Waals surface area contributed by atoms with Crippen molar-refractivity contribution in [3.63, 3.8) is 0 Å². The number of H-pyrrole nitrogens is 3. The van der Waals surface area contributed by atoms with Gasteiger partial charge in [-0.15, -0.1) is 0 Å². The lowest BCUT2D eigenvalue weighted by Crippen LogP contribution is -2.33.